The number of aliphatic hydroxyl groups is 1. The Labute approximate surface area is 55.0 Å². The molecule has 0 aromatic rings. The van der Waals surface area contributed by atoms with E-state index in [4.69, 9.17) is 4.74 Å². The van der Waals surface area contributed by atoms with E-state index in [0.29, 0.717) is 6.54 Å². The third-order valence-electron chi connectivity index (χ3n) is 1.69. The third kappa shape index (κ3) is 1.64. The van der Waals surface area contributed by atoms with Gasteiger partial charge in [0.2, 0.25) is 0 Å². The summed E-state index contributed by atoms with van der Waals surface area (Å²) in [4.78, 5) is 0. The van der Waals surface area contributed by atoms with Crippen molar-refractivity contribution in [2.45, 2.75) is 18.6 Å². The Kier molecular flexibility index (Phi) is 2.45. The van der Waals surface area contributed by atoms with Crippen molar-refractivity contribution >= 4 is 0 Å². The average Bonchev–Trinajstić information content (AvgIpc) is 1.89. The predicted molar refractivity (Wildman–Crippen MR) is 34.3 cm³/mol. The van der Waals surface area contributed by atoms with Crippen molar-refractivity contribution in [3.8, 4) is 0 Å². The van der Waals surface area contributed by atoms with Crippen molar-refractivity contribution in [2.75, 3.05) is 20.2 Å². The molecule has 2 N–H and O–H groups in total. The number of aliphatic hydroxyl groups excluding tert-OH is 1. The van der Waals surface area contributed by atoms with Crippen molar-refractivity contribution in [1.82, 2.24) is 5.32 Å². The Morgan fingerprint density at radius 1 is 1.67 bits per heavy atom. The van der Waals surface area contributed by atoms with Gasteiger partial charge in [-0.15, -0.1) is 0 Å². The number of rotatable bonds is 1. The highest BCUT2D eigenvalue weighted by Gasteiger charge is 2.21. The van der Waals surface area contributed by atoms with Crippen molar-refractivity contribution in [2.24, 2.45) is 0 Å². The molecule has 1 aliphatic heterocycles. The smallest absolute Gasteiger partial charge is 0.0926 e. The van der Waals surface area contributed by atoms with Crippen LogP contribution in [0.15, 0.2) is 0 Å². The van der Waals surface area contributed by atoms with Gasteiger partial charge in [0.05, 0.1) is 12.2 Å². The number of nitrogens with one attached hydrogen (secondary N) is 1. The molecule has 3 nitrogen and oxygen atoms in total. The zero-order valence-corrected chi connectivity index (χ0v) is 5.63. The second kappa shape index (κ2) is 3.15. The van der Waals surface area contributed by atoms with Gasteiger partial charge in [0.25, 0.3) is 0 Å². The summed E-state index contributed by atoms with van der Waals surface area (Å²) in [6.45, 7) is 1.62. The van der Waals surface area contributed by atoms with Gasteiger partial charge in [-0.3, -0.25) is 0 Å². The van der Waals surface area contributed by atoms with Crippen molar-refractivity contribution < 1.29 is 9.84 Å². The zero-order chi connectivity index (χ0) is 6.69. The molecule has 0 spiro atoms. The summed E-state index contributed by atoms with van der Waals surface area (Å²) in [5.74, 6) is 0. The second-order valence-electron chi connectivity index (χ2n) is 2.33. The first-order chi connectivity index (χ1) is 4.34. The summed E-state index contributed by atoms with van der Waals surface area (Å²) < 4.78 is 5.01. The lowest BCUT2D eigenvalue weighted by molar-refractivity contribution is -0.0280. The Morgan fingerprint density at radius 3 is 2.89 bits per heavy atom. The molecule has 54 valence electrons. The van der Waals surface area contributed by atoms with Crippen LogP contribution in [0, 0.1) is 0 Å². The fourth-order valence-electron chi connectivity index (χ4n) is 1.09. The molecule has 1 aliphatic rings. The highest BCUT2D eigenvalue weighted by atomic mass is 16.5. The van der Waals surface area contributed by atoms with E-state index >= 15 is 0 Å². The molecule has 9 heavy (non-hydrogen) atoms. The fraction of sp³-hybridized carbons (Fsp3) is 1.00. The number of piperidine rings is 1. The summed E-state index contributed by atoms with van der Waals surface area (Å²) in [6.07, 6.45) is 0.646. The minimum atomic E-state index is -0.316. The van der Waals surface area contributed by atoms with Gasteiger partial charge in [-0.1, -0.05) is 0 Å². The normalized spacial score (nSPS) is 36.7. The molecule has 0 aliphatic carbocycles. The summed E-state index contributed by atoms with van der Waals surface area (Å²) in [6, 6.07) is 0. The van der Waals surface area contributed by atoms with Gasteiger partial charge in [-0.05, 0) is 13.0 Å². The quantitative estimate of drug-likeness (QED) is 0.497. The van der Waals surface area contributed by atoms with E-state index < -0.39 is 0 Å². The van der Waals surface area contributed by atoms with Gasteiger partial charge in [0, 0.05) is 13.7 Å². The van der Waals surface area contributed by atoms with Gasteiger partial charge in [0.1, 0.15) is 0 Å². The lowest BCUT2D eigenvalue weighted by Crippen LogP contribution is -2.44. The SMILES string of the molecule is CO[C@@H]1CCNC[C@H]1O. The van der Waals surface area contributed by atoms with E-state index in [2.05, 4.69) is 5.32 Å². The summed E-state index contributed by atoms with van der Waals surface area (Å²) in [5.41, 5.74) is 0. The number of hydrogen-bond acceptors (Lipinski definition) is 3. The molecular weight excluding hydrogens is 118 g/mol. The molecule has 1 heterocycles. The van der Waals surface area contributed by atoms with Crippen LogP contribution >= 0.6 is 0 Å². The van der Waals surface area contributed by atoms with Crippen LogP contribution in [0.5, 0.6) is 0 Å². The Balaban J connectivity index is 2.30. The van der Waals surface area contributed by atoms with Gasteiger partial charge >= 0.3 is 0 Å². The molecule has 0 saturated carbocycles. The lowest BCUT2D eigenvalue weighted by Gasteiger charge is -2.26. The minimum Gasteiger partial charge on any atom is -0.389 e. The molecule has 1 fully saturated rings. The standard InChI is InChI=1S/C6H13NO2/c1-9-6-2-3-7-4-5(6)8/h5-8H,2-4H2,1H3/t5-,6-/m1/s1. The molecule has 0 amide bonds. The molecular formula is C6H13NO2. The molecule has 0 radical (unpaired) electrons. The maximum absolute atomic E-state index is 9.18. The minimum absolute atomic E-state index is 0.0475. The zero-order valence-electron chi connectivity index (χ0n) is 5.63. The summed E-state index contributed by atoms with van der Waals surface area (Å²) >= 11 is 0. The Hall–Kier alpha value is -0.120. The molecule has 1 saturated heterocycles. The first-order valence-corrected chi connectivity index (χ1v) is 3.26. The first-order valence-electron chi connectivity index (χ1n) is 3.26. The molecule has 2 atom stereocenters. The topological polar surface area (TPSA) is 41.5 Å². The van der Waals surface area contributed by atoms with E-state index in [-0.39, 0.29) is 12.2 Å². The van der Waals surface area contributed by atoms with Gasteiger partial charge in [-0.2, -0.15) is 0 Å². The van der Waals surface area contributed by atoms with Crippen molar-refractivity contribution in [3.63, 3.8) is 0 Å². The number of methoxy groups -OCH3 is 1. The van der Waals surface area contributed by atoms with Gasteiger partial charge in [0.15, 0.2) is 0 Å². The average molecular weight is 131 g/mol. The van der Waals surface area contributed by atoms with Crippen LogP contribution in [-0.4, -0.2) is 37.5 Å². The highest BCUT2D eigenvalue weighted by molar-refractivity contribution is 4.76. The summed E-state index contributed by atoms with van der Waals surface area (Å²) in [5, 5.41) is 12.3. The van der Waals surface area contributed by atoms with E-state index in [0.717, 1.165) is 13.0 Å². The van der Waals surface area contributed by atoms with Crippen LogP contribution in [-0.2, 0) is 4.74 Å². The van der Waals surface area contributed by atoms with Gasteiger partial charge in [-0.25, -0.2) is 0 Å². The maximum Gasteiger partial charge on any atom is 0.0926 e. The maximum atomic E-state index is 9.18. The van der Waals surface area contributed by atoms with Crippen LogP contribution in [0.1, 0.15) is 6.42 Å². The molecule has 0 aromatic carbocycles. The Morgan fingerprint density at radius 2 is 2.44 bits per heavy atom. The van der Waals surface area contributed by atoms with Crippen molar-refractivity contribution in [3.05, 3.63) is 0 Å². The largest absolute Gasteiger partial charge is 0.389 e. The fourth-order valence-corrected chi connectivity index (χ4v) is 1.09. The molecule has 0 aromatic heterocycles. The highest BCUT2D eigenvalue weighted by Crippen LogP contribution is 2.05. The van der Waals surface area contributed by atoms with Crippen LogP contribution in [0.25, 0.3) is 0 Å². The van der Waals surface area contributed by atoms with Crippen LogP contribution in [0.2, 0.25) is 0 Å². The second-order valence-corrected chi connectivity index (χ2v) is 2.33. The predicted octanol–water partition coefficient (Wildman–Crippen LogP) is -0.644. The lowest BCUT2D eigenvalue weighted by atomic mass is 10.1. The molecule has 0 unspecified atom stereocenters. The van der Waals surface area contributed by atoms with E-state index in [9.17, 15) is 5.11 Å². The van der Waals surface area contributed by atoms with E-state index in [1.165, 1.54) is 0 Å². The van der Waals surface area contributed by atoms with Crippen LogP contribution < -0.4 is 5.32 Å². The number of ether oxygens (including phenoxy) is 1. The third-order valence-corrected chi connectivity index (χ3v) is 1.69. The Bertz CT molecular complexity index is 87.1. The van der Waals surface area contributed by atoms with E-state index in [1.807, 2.05) is 0 Å². The number of β-amino-alcohol motifs (C(OH)–C–C–N with tert-alkyl or cyclic N) is 1. The monoisotopic (exact) mass is 131 g/mol. The molecule has 1 rings (SSSR count). The molecule has 0 bridgehead atoms. The molecule has 3 heteroatoms. The summed E-state index contributed by atoms with van der Waals surface area (Å²) in [7, 11) is 1.64. The van der Waals surface area contributed by atoms with E-state index in [1.54, 1.807) is 7.11 Å². The first kappa shape index (κ1) is 6.99. The van der Waals surface area contributed by atoms with Gasteiger partial charge < -0.3 is 15.2 Å². The van der Waals surface area contributed by atoms with Crippen molar-refractivity contribution in [1.29, 1.82) is 0 Å². The number of hydrogen-bond donors (Lipinski definition) is 2. The van der Waals surface area contributed by atoms with Crippen LogP contribution in [0.3, 0.4) is 0 Å². The van der Waals surface area contributed by atoms with Crippen LogP contribution in [0.4, 0.5) is 0 Å².